The molecule has 1 aliphatic heterocycles. The van der Waals surface area contributed by atoms with Crippen molar-refractivity contribution >= 4 is 11.9 Å². The molecular formula is C19H18O6. The van der Waals surface area contributed by atoms with Crippen LogP contribution in [0.4, 0.5) is 0 Å². The van der Waals surface area contributed by atoms with Gasteiger partial charge in [0.1, 0.15) is 11.5 Å². The SMILES string of the molecule is COc1ccc2c(c1)OC(=Cc1ccc(OC)c(OC)c1OC)C2=O. The number of fused-ring (bicyclic) bond motifs is 1. The largest absolute Gasteiger partial charge is 0.497 e. The lowest BCUT2D eigenvalue weighted by Crippen LogP contribution is -2.00. The molecule has 0 fully saturated rings. The van der Waals surface area contributed by atoms with Gasteiger partial charge in [-0.1, -0.05) is 0 Å². The molecule has 0 radical (unpaired) electrons. The molecule has 0 saturated carbocycles. The van der Waals surface area contributed by atoms with E-state index in [-0.39, 0.29) is 11.5 Å². The van der Waals surface area contributed by atoms with E-state index in [1.54, 1.807) is 50.6 Å². The van der Waals surface area contributed by atoms with Crippen LogP contribution in [-0.4, -0.2) is 34.2 Å². The van der Waals surface area contributed by atoms with E-state index < -0.39 is 0 Å². The Labute approximate surface area is 145 Å². The Bertz CT molecular complexity index is 853. The zero-order chi connectivity index (χ0) is 18.0. The topological polar surface area (TPSA) is 63.2 Å². The van der Waals surface area contributed by atoms with Crippen LogP contribution < -0.4 is 23.7 Å². The van der Waals surface area contributed by atoms with Crippen molar-refractivity contribution < 1.29 is 28.5 Å². The molecular weight excluding hydrogens is 324 g/mol. The molecule has 2 aromatic carbocycles. The number of ether oxygens (including phenoxy) is 5. The highest BCUT2D eigenvalue weighted by atomic mass is 16.5. The van der Waals surface area contributed by atoms with Gasteiger partial charge in [0.25, 0.3) is 0 Å². The Morgan fingerprint density at radius 3 is 2.28 bits per heavy atom. The fraction of sp³-hybridized carbons (Fsp3) is 0.211. The van der Waals surface area contributed by atoms with Crippen LogP contribution in [0.2, 0.25) is 0 Å². The van der Waals surface area contributed by atoms with E-state index in [9.17, 15) is 4.79 Å². The van der Waals surface area contributed by atoms with Gasteiger partial charge in [-0.05, 0) is 30.3 Å². The lowest BCUT2D eigenvalue weighted by Gasteiger charge is -2.14. The molecule has 0 aromatic heterocycles. The highest BCUT2D eigenvalue weighted by Gasteiger charge is 2.28. The second kappa shape index (κ2) is 6.76. The molecule has 6 nitrogen and oxygen atoms in total. The zero-order valence-corrected chi connectivity index (χ0v) is 14.4. The van der Waals surface area contributed by atoms with Crippen molar-refractivity contribution in [3.8, 4) is 28.7 Å². The summed E-state index contributed by atoms with van der Waals surface area (Å²) in [6.45, 7) is 0. The number of methoxy groups -OCH3 is 4. The second-order valence-electron chi connectivity index (χ2n) is 5.23. The predicted octanol–water partition coefficient (Wildman–Crippen LogP) is 3.34. The van der Waals surface area contributed by atoms with Gasteiger partial charge in [-0.15, -0.1) is 0 Å². The number of hydrogen-bond acceptors (Lipinski definition) is 6. The molecule has 0 N–H and O–H groups in total. The number of carbonyl (C=O) groups excluding carboxylic acids is 1. The molecule has 0 atom stereocenters. The minimum atomic E-state index is -0.200. The Hall–Kier alpha value is -3.15. The minimum Gasteiger partial charge on any atom is -0.497 e. The van der Waals surface area contributed by atoms with Gasteiger partial charge in [0.15, 0.2) is 17.3 Å². The van der Waals surface area contributed by atoms with Crippen molar-refractivity contribution in [3.63, 3.8) is 0 Å². The van der Waals surface area contributed by atoms with Crippen LogP contribution in [0.5, 0.6) is 28.7 Å². The summed E-state index contributed by atoms with van der Waals surface area (Å²) in [5.74, 6) is 2.53. The second-order valence-corrected chi connectivity index (χ2v) is 5.23. The van der Waals surface area contributed by atoms with E-state index in [0.717, 1.165) is 0 Å². The first-order valence-corrected chi connectivity index (χ1v) is 7.54. The maximum absolute atomic E-state index is 12.5. The molecule has 0 spiro atoms. The van der Waals surface area contributed by atoms with Crippen LogP contribution >= 0.6 is 0 Å². The van der Waals surface area contributed by atoms with E-state index in [1.165, 1.54) is 14.2 Å². The molecule has 0 unspecified atom stereocenters. The van der Waals surface area contributed by atoms with E-state index in [1.807, 2.05) is 0 Å². The average molecular weight is 342 g/mol. The van der Waals surface area contributed by atoms with Crippen LogP contribution in [0.25, 0.3) is 6.08 Å². The number of carbonyl (C=O) groups is 1. The van der Waals surface area contributed by atoms with Gasteiger partial charge < -0.3 is 23.7 Å². The van der Waals surface area contributed by atoms with Crippen LogP contribution in [-0.2, 0) is 0 Å². The molecule has 0 amide bonds. The van der Waals surface area contributed by atoms with Gasteiger partial charge >= 0.3 is 0 Å². The first-order chi connectivity index (χ1) is 12.1. The van der Waals surface area contributed by atoms with Gasteiger partial charge in [-0.2, -0.15) is 0 Å². The third-order valence-electron chi connectivity index (χ3n) is 3.90. The standard InChI is InChI=1S/C19H18O6/c1-21-12-6-7-13-15(10-12)25-16(17(13)20)9-11-5-8-14(22-2)19(24-4)18(11)23-3/h5-10H,1-4H3. The van der Waals surface area contributed by atoms with Crippen LogP contribution in [0, 0.1) is 0 Å². The van der Waals surface area contributed by atoms with Crippen molar-refractivity contribution in [2.45, 2.75) is 0 Å². The molecule has 0 saturated heterocycles. The number of hydrogen-bond donors (Lipinski definition) is 0. The van der Waals surface area contributed by atoms with Crippen molar-refractivity contribution in [3.05, 3.63) is 47.2 Å². The molecule has 25 heavy (non-hydrogen) atoms. The Morgan fingerprint density at radius 2 is 1.64 bits per heavy atom. The lowest BCUT2D eigenvalue weighted by molar-refractivity contribution is 0.101. The van der Waals surface area contributed by atoms with E-state index in [4.69, 9.17) is 23.7 Å². The molecule has 130 valence electrons. The molecule has 2 aromatic rings. The van der Waals surface area contributed by atoms with Gasteiger partial charge in [0, 0.05) is 11.6 Å². The predicted molar refractivity (Wildman–Crippen MR) is 92.0 cm³/mol. The molecule has 0 aliphatic carbocycles. The first-order valence-electron chi connectivity index (χ1n) is 7.54. The van der Waals surface area contributed by atoms with Crippen molar-refractivity contribution in [2.24, 2.45) is 0 Å². The number of rotatable bonds is 5. The smallest absolute Gasteiger partial charge is 0.231 e. The first kappa shape index (κ1) is 16.7. The van der Waals surface area contributed by atoms with E-state index in [0.29, 0.717) is 39.9 Å². The Morgan fingerprint density at radius 1 is 0.880 bits per heavy atom. The number of ketones is 1. The summed E-state index contributed by atoms with van der Waals surface area (Å²) in [4.78, 5) is 12.5. The highest BCUT2D eigenvalue weighted by Crippen LogP contribution is 2.42. The lowest BCUT2D eigenvalue weighted by atomic mass is 10.1. The minimum absolute atomic E-state index is 0.200. The number of benzene rings is 2. The van der Waals surface area contributed by atoms with E-state index >= 15 is 0 Å². The fourth-order valence-corrected chi connectivity index (χ4v) is 2.67. The van der Waals surface area contributed by atoms with E-state index in [2.05, 4.69) is 0 Å². The third kappa shape index (κ3) is 2.87. The van der Waals surface area contributed by atoms with Gasteiger partial charge in [-0.3, -0.25) is 4.79 Å². The highest BCUT2D eigenvalue weighted by molar-refractivity contribution is 6.14. The summed E-state index contributed by atoms with van der Waals surface area (Å²) in [7, 11) is 6.15. The summed E-state index contributed by atoms with van der Waals surface area (Å²) >= 11 is 0. The summed E-state index contributed by atoms with van der Waals surface area (Å²) in [6.07, 6.45) is 1.62. The summed E-state index contributed by atoms with van der Waals surface area (Å²) in [5.41, 5.74) is 1.13. The van der Waals surface area contributed by atoms with Crippen LogP contribution in [0.1, 0.15) is 15.9 Å². The molecule has 1 heterocycles. The van der Waals surface area contributed by atoms with Crippen LogP contribution in [0.15, 0.2) is 36.1 Å². The zero-order valence-electron chi connectivity index (χ0n) is 14.4. The number of allylic oxidation sites excluding steroid dienone is 1. The van der Waals surface area contributed by atoms with Crippen molar-refractivity contribution in [1.82, 2.24) is 0 Å². The molecule has 0 bridgehead atoms. The average Bonchev–Trinajstić information content (AvgIpc) is 2.95. The van der Waals surface area contributed by atoms with Gasteiger partial charge in [-0.25, -0.2) is 0 Å². The number of Topliss-reactive ketones (excluding diaryl/α,β-unsaturated/α-hetero) is 1. The molecule has 6 heteroatoms. The summed E-state index contributed by atoms with van der Waals surface area (Å²) in [6, 6.07) is 8.60. The normalized spacial score (nSPS) is 14.1. The monoisotopic (exact) mass is 342 g/mol. The maximum Gasteiger partial charge on any atom is 0.231 e. The maximum atomic E-state index is 12.5. The van der Waals surface area contributed by atoms with Crippen molar-refractivity contribution in [2.75, 3.05) is 28.4 Å². The Kier molecular flexibility index (Phi) is 4.52. The summed E-state index contributed by atoms with van der Waals surface area (Å²) < 4.78 is 26.9. The molecule has 3 rings (SSSR count). The third-order valence-corrected chi connectivity index (χ3v) is 3.90. The quantitative estimate of drug-likeness (QED) is 0.777. The van der Waals surface area contributed by atoms with Crippen molar-refractivity contribution in [1.29, 1.82) is 0 Å². The Balaban J connectivity index is 2.03. The van der Waals surface area contributed by atoms with Crippen LogP contribution in [0.3, 0.4) is 0 Å². The molecule has 1 aliphatic rings. The fourth-order valence-electron chi connectivity index (χ4n) is 2.67. The van der Waals surface area contributed by atoms with Gasteiger partial charge in [0.05, 0.1) is 34.0 Å². The summed E-state index contributed by atoms with van der Waals surface area (Å²) in [5, 5.41) is 0. The van der Waals surface area contributed by atoms with Gasteiger partial charge in [0.2, 0.25) is 11.5 Å².